The number of hydrogen-bond donors (Lipinski definition) is 1. The monoisotopic (exact) mass is 432 g/mol. The Hall–Kier alpha value is -2.82. The number of nitrogens with zero attached hydrogens (tertiary/aromatic N) is 2. The third-order valence-electron chi connectivity index (χ3n) is 5.03. The molecular weight excluding hydrogens is 408 g/mol. The van der Waals surface area contributed by atoms with Crippen molar-refractivity contribution in [1.82, 2.24) is 4.90 Å². The lowest BCUT2D eigenvalue weighted by atomic mass is 9.79. The van der Waals surface area contributed by atoms with Gasteiger partial charge in [-0.25, -0.2) is 9.59 Å². The minimum absolute atomic E-state index is 0.0185. The Bertz CT molecular complexity index is 959. The van der Waals surface area contributed by atoms with Crippen LogP contribution in [0.15, 0.2) is 40.7 Å². The molecule has 0 radical (unpaired) electrons. The number of carbonyl (C=O) groups excluding carboxylic acids is 1. The summed E-state index contributed by atoms with van der Waals surface area (Å²) in [4.78, 5) is 27.2. The average Bonchev–Trinajstić information content (AvgIpc) is 2.67. The maximum atomic E-state index is 13.1. The number of carbonyl (C=O) groups is 2. The van der Waals surface area contributed by atoms with E-state index in [9.17, 15) is 20.0 Å². The Morgan fingerprint density at radius 1 is 1.23 bits per heavy atom. The lowest BCUT2D eigenvalue weighted by molar-refractivity contribution is -0.140. The summed E-state index contributed by atoms with van der Waals surface area (Å²) >= 11 is 6.46. The number of rotatable bonds is 7. The van der Waals surface area contributed by atoms with E-state index in [1.54, 1.807) is 36.9 Å². The van der Waals surface area contributed by atoms with Crippen LogP contribution in [-0.2, 0) is 19.1 Å². The first-order chi connectivity index (χ1) is 14.2. The molecule has 0 saturated heterocycles. The van der Waals surface area contributed by atoms with Crippen molar-refractivity contribution < 1.29 is 24.2 Å². The molecule has 2 rings (SSSR count). The Morgan fingerprint density at radius 3 is 2.40 bits per heavy atom. The van der Waals surface area contributed by atoms with Crippen LogP contribution in [0, 0.1) is 11.3 Å². The highest BCUT2D eigenvalue weighted by atomic mass is 35.5. The Kier molecular flexibility index (Phi) is 7.65. The van der Waals surface area contributed by atoms with Gasteiger partial charge in [0.05, 0.1) is 34.3 Å². The van der Waals surface area contributed by atoms with Crippen LogP contribution in [0.2, 0.25) is 5.02 Å². The fourth-order valence-electron chi connectivity index (χ4n) is 3.86. The number of allylic oxidation sites excluding steroid dienone is 2. The molecule has 1 aromatic rings. The summed E-state index contributed by atoms with van der Waals surface area (Å²) in [6, 6.07) is 6.69. The number of nitriles is 1. The summed E-state index contributed by atoms with van der Waals surface area (Å²) < 4.78 is 10.3. The fraction of sp³-hybridized carbons (Fsp3) is 0.409. The van der Waals surface area contributed by atoms with Crippen LogP contribution in [0.25, 0.3) is 0 Å². The highest BCUT2D eigenvalue weighted by molar-refractivity contribution is 6.32. The summed E-state index contributed by atoms with van der Waals surface area (Å²) in [6.07, 6.45) is 0. The number of carboxylic acid groups (broad SMARTS) is 1. The Balaban J connectivity index is 2.79. The van der Waals surface area contributed by atoms with Crippen molar-refractivity contribution in [1.29, 1.82) is 5.26 Å². The second-order valence-electron chi connectivity index (χ2n) is 7.15. The van der Waals surface area contributed by atoms with Crippen molar-refractivity contribution >= 4 is 23.5 Å². The molecule has 1 aliphatic rings. The molecule has 0 aromatic heterocycles. The van der Waals surface area contributed by atoms with E-state index < -0.39 is 17.9 Å². The van der Waals surface area contributed by atoms with E-state index in [1.807, 2.05) is 19.9 Å². The van der Waals surface area contributed by atoms with Gasteiger partial charge in [-0.05, 0) is 39.3 Å². The van der Waals surface area contributed by atoms with E-state index in [2.05, 4.69) is 0 Å². The predicted octanol–water partition coefficient (Wildman–Crippen LogP) is 3.84. The molecule has 0 bridgehead atoms. The van der Waals surface area contributed by atoms with Crippen LogP contribution in [0.5, 0.6) is 0 Å². The van der Waals surface area contributed by atoms with E-state index in [4.69, 9.17) is 21.1 Å². The standard InChI is InChI=1S/C22H25ClN2O5/c1-12(2)25-13(3)17(21(26)27)19(16-8-6-7-15(11-24)20(16)23)18(14(25)4)22(28)30-10-9-29-5/h6-8,12,19H,9-10H2,1-5H3,(H,26,27). The SMILES string of the molecule is COCCOC(=O)C1=C(C)N(C(C)C)C(C)=C(C(=O)O)C1c1cccc(C#N)c1Cl. The van der Waals surface area contributed by atoms with Crippen molar-refractivity contribution in [3.63, 3.8) is 0 Å². The number of carboxylic acids is 1. The molecule has 7 nitrogen and oxygen atoms in total. The summed E-state index contributed by atoms with van der Waals surface area (Å²) in [5, 5.41) is 19.6. The van der Waals surface area contributed by atoms with Crippen molar-refractivity contribution in [2.24, 2.45) is 0 Å². The first-order valence-corrected chi connectivity index (χ1v) is 9.83. The van der Waals surface area contributed by atoms with Gasteiger partial charge in [0.2, 0.25) is 0 Å². The normalized spacial score (nSPS) is 16.7. The van der Waals surface area contributed by atoms with E-state index >= 15 is 0 Å². The smallest absolute Gasteiger partial charge is 0.336 e. The molecule has 1 heterocycles. The molecule has 1 unspecified atom stereocenters. The maximum Gasteiger partial charge on any atom is 0.336 e. The van der Waals surface area contributed by atoms with Gasteiger partial charge in [0.1, 0.15) is 12.7 Å². The third kappa shape index (κ3) is 4.35. The lowest BCUT2D eigenvalue weighted by Gasteiger charge is -2.40. The summed E-state index contributed by atoms with van der Waals surface area (Å²) in [5.41, 5.74) is 1.86. The molecule has 0 amide bonds. The number of ether oxygens (including phenoxy) is 2. The molecule has 0 saturated carbocycles. The number of methoxy groups -OCH3 is 1. The summed E-state index contributed by atoms with van der Waals surface area (Å²) in [7, 11) is 1.49. The molecule has 160 valence electrons. The van der Waals surface area contributed by atoms with Gasteiger partial charge in [-0.3, -0.25) is 0 Å². The minimum Gasteiger partial charge on any atom is -0.478 e. The number of halogens is 1. The number of benzene rings is 1. The molecule has 1 atom stereocenters. The quantitative estimate of drug-likeness (QED) is 0.516. The molecule has 30 heavy (non-hydrogen) atoms. The fourth-order valence-corrected chi connectivity index (χ4v) is 4.13. The Labute approximate surface area is 181 Å². The van der Waals surface area contributed by atoms with Crippen molar-refractivity contribution in [3.8, 4) is 6.07 Å². The second-order valence-corrected chi connectivity index (χ2v) is 7.53. The van der Waals surface area contributed by atoms with Crippen molar-refractivity contribution in [3.05, 3.63) is 56.9 Å². The van der Waals surface area contributed by atoms with E-state index in [0.717, 1.165) is 0 Å². The van der Waals surface area contributed by atoms with Crippen molar-refractivity contribution in [2.75, 3.05) is 20.3 Å². The molecular formula is C22H25ClN2O5. The second kappa shape index (κ2) is 9.79. The van der Waals surface area contributed by atoms with E-state index in [0.29, 0.717) is 17.0 Å². The minimum atomic E-state index is -1.17. The van der Waals surface area contributed by atoms with Crippen LogP contribution in [-0.4, -0.2) is 48.3 Å². The van der Waals surface area contributed by atoms with Gasteiger partial charge in [-0.1, -0.05) is 23.7 Å². The summed E-state index contributed by atoms with van der Waals surface area (Å²) in [5.74, 6) is -2.80. The first-order valence-electron chi connectivity index (χ1n) is 9.45. The lowest BCUT2D eigenvalue weighted by Crippen LogP contribution is -2.38. The summed E-state index contributed by atoms with van der Waals surface area (Å²) in [6.45, 7) is 7.51. The van der Waals surface area contributed by atoms with Crippen LogP contribution < -0.4 is 0 Å². The molecule has 1 N–H and O–H groups in total. The topological polar surface area (TPSA) is 99.9 Å². The zero-order valence-electron chi connectivity index (χ0n) is 17.7. The van der Waals surface area contributed by atoms with Crippen LogP contribution in [0.3, 0.4) is 0 Å². The average molecular weight is 433 g/mol. The van der Waals surface area contributed by atoms with Gasteiger partial charge >= 0.3 is 11.9 Å². The number of esters is 1. The zero-order chi connectivity index (χ0) is 22.6. The zero-order valence-corrected chi connectivity index (χ0v) is 18.4. The van der Waals surface area contributed by atoms with Crippen LogP contribution in [0.1, 0.15) is 44.7 Å². The highest BCUT2D eigenvalue weighted by Crippen LogP contribution is 2.45. The third-order valence-corrected chi connectivity index (χ3v) is 5.45. The van der Waals surface area contributed by atoms with Gasteiger partial charge < -0.3 is 19.5 Å². The van der Waals surface area contributed by atoms with Crippen LogP contribution in [0.4, 0.5) is 0 Å². The molecule has 0 fully saturated rings. The highest BCUT2D eigenvalue weighted by Gasteiger charge is 2.41. The van der Waals surface area contributed by atoms with Gasteiger partial charge in [0, 0.05) is 24.5 Å². The Morgan fingerprint density at radius 2 is 1.87 bits per heavy atom. The van der Waals surface area contributed by atoms with Gasteiger partial charge in [-0.15, -0.1) is 0 Å². The molecule has 1 aliphatic heterocycles. The van der Waals surface area contributed by atoms with Gasteiger partial charge in [-0.2, -0.15) is 5.26 Å². The maximum absolute atomic E-state index is 13.1. The molecule has 8 heteroatoms. The van der Waals surface area contributed by atoms with Crippen molar-refractivity contribution in [2.45, 2.75) is 39.7 Å². The predicted molar refractivity (Wildman–Crippen MR) is 112 cm³/mol. The first kappa shape index (κ1) is 23.5. The molecule has 0 aliphatic carbocycles. The number of aliphatic carboxylic acids is 1. The molecule has 0 spiro atoms. The van der Waals surface area contributed by atoms with Crippen LogP contribution >= 0.6 is 11.6 Å². The van der Waals surface area contributed by atoms with E-state index in [-0.39, 0.29) is 41.0 Å². The molecule has 1 aromatic carbocycles. The largest absolute Gasteiger partial charge is 0.478 e. The van der Waals surface area contributed by atoms with Gasteiger partial charge in [0.25, 0.3) is 0 Å². The number of hydrogen-bond acceptors (Lipinski definition) is 6. The van der Waals surface area contributed by atoms with E-state index in [1.165, 1.54) is 7.11 Å². The van der Waals surface area contributed by atoms with Gasteiger partial charge in [0.15, 0.2) is 0 Å².